The molecule has 4 aliphatic rings. The number of carbonyl (C=O) groups excluding carboxylic acids is 7. The van der Waals surface area contributed by atoms with E-state index < -0.39 is 59.0 Å². The maximum atomic E-state index is 15.4. The number of cyclic esters (lactones) is 1. The summed E-state index contributed by atoms with van der Waals surface area (Å²) in [6.45, 7) is 10.1. The van der Waals surface area contributed by atoms with Crippen LogP contribution in [0.1, 0.15) is 125 Å². The minimum Gasteiger partial charge on any atom is -0.458 e. The zero-order valence-electron chi connectivity index (χ0n) is 40.1. The van der Waals surface area contributed by atoms with Gasteiger partial charge in [0, 0.05) is 53.6 Å². The van der Waals surface area contributed by atoms with Crippen molar-refractivity contribution in [3.05, 3.63) is 91.5 Å². The molecule has 2 aromatic carbocycles. The fourth-order valence-corrected chi connectivity index (χ4v) is 9.93. The third-order valence-corrected chi connectivity index (χ3v) is 14.0. The number of rotatable bonds is 16. The molecule has 1 aliphatic carbocycles. The van der Waals surface area contributed by atoms with Crippen molar-refractivity contribution in [2.45, 2.75) is 136 Å². The van der Waals surface area contributed by atoms with E-state index >= 15 is 4.39 Å². The van der Waals surface area contributed by atoms with Crippen LogP contribution in [-0.2, 0) is 70.0 Å². The molecular formula is C51H58FN7O11. The number of alkyl carbamates (subject to hydrolysis) is 1. The van der Waals surface area contributed by atoms with Crippen LogP contribution in [0.4, 0.5) is 14.9 Å². The number of fused-ring (bicyclic) bond motifs is 5. The average molecular weight is 964 g/mol. The van der Waals surface area contributed by atoms with E-state index in [9.17, 15) is 43.5 Å². The van der Waals surface area contributed by atoms with Crippen molar-refractivity contribution in [2.24, 2.45) is 11.8 Å². The Kier molecular flexibility index (Phi) is 14.0. The Morgan fingerprint density at radius 1 is 0.986 bits per heavy atom. The molecule has 70 heavy (non-hydrogen) atoms. The van der Waals surface area contributed by atoms with Gasteiger partial charge < -0.3 is 40.4 Å². The molecule has 0 spiro atoms. The zero-order chi connectivity index (χ0) is 50.3. The zero-order valence-corrected chi connectivity index (χ0v) is 40.1. The predicted octanol–water partition coefficient (Wildman–Crippen LogP) is 4.98. The van der Waals surface area contributed by atoms with Crippen LogP contribution in [0, 0.1) is 24.6 Å². The molecule has 19 heteroatoms. The number of amides is 6. The third-order valence-electron chi connectivity index (χ3n) is 14.0. The van der Waals surface area contributed by atoms with Gasteiger partial charge in [0.25, 0.3) is 5.56 Å². The fourth-order valence-electron chi connectivity index (χ4n) is 9.93. The molecule has 1 saturated heterocycles. The van der Waals surface area contributed by atoms with Crippen LogP contribution in [-0.4, -0.2) is 79.8 Å². The minimum absolute atomic E-state index is 0.0285. The second kappa shape index (κ2) is 19.8. The Hall–Kier alpha value is -7.02. The van der Waals surface area contributed by atoms with Crippen molar-refractivity contribution in [3.8, 4) is 11.4 Å². The molecule has 5 N–H and O–H groups in total. The summed E-state index contributed by atoms with van der Waals surface area (Å²) in [6, 6.07) is 7.05. The number of benzene rings is 2. The lowest BCUT2D eigenvalue weighted by Gasteiger charge is -2.31. The number of likely N-dealkylation sites (tertiary alicyclic amines) is 1. The van der Waals surface area contributed by atoms with E-state index in [0.717, 1.165) is 5.56 Å². The topological polar surface area (TPSA) is 244 Å². The molecule has 5 heterocycles. The number of esters is 1. The Balaban J connectivity index is 0.860. The van der Waals surface area contributed by atoms with Crippen LogP contribution in [0.2, 0.25) is 0 Å². The van der Waals surface area contributed by atoms with Crippen molar-refractivity contribution in [2.75, 3.05) is 11.9 Å². The Morgan fingerprint density at radius 2 is 1.73 bits per heavy atom. The summed E-state index contributed by atoms with van der Waals surface area (Å²) in [7, 11) is 0. The molecule has 6 amide bonds. The molecular weight excluding hydrogens is 906 g/mol. The van der Waals surface area contributed by atoms with Crippen LogP contribution >= 0.6 is 0 Å². The number of halogens is 1. The molecule has 370 valence electrons. The molecule has 18 nitrogen and oxygen atoms in total. The van der Waals surface area contributed by atoms with Gasteiger partial charge in [-0.1, -0.05) is 46.2 Å². The molecule has 0 bridgehead atoms. The van der Waals surface area contributed by atoms with Crippen LogP contribution in [0.5, 0.6) is 0 Å². The molecule has 0 saturated carbocycles. The summed E-state index contributed by atoms with van der Waals surface area (Å²) in [5, 5.41) is 23.2. The minimum atomic E-state index is -2.03. The Labute approximate surface area is 403 Å². The van der Waals surface area contributed by atoms with E-state index in [2.05, 4.69) is 21.3 Å². The van der Waals surface area contributed by atoms with E-state index in [1.807, 2.05) is 0 Å². The molecule has 8 rings (SSSR count). The first-order valence-electron chi connectivity index (χ1n) is 23.9. The predicted molar refractivity (Wildman–Crippen MR) is 252 cm³/mol. The number of nitrogens with zero attached hydrogens (tertiary/aromatic N) is 3. The largest absolute Gasteiger partial charge is 0.458 e. The van der Waals surface area contributed by atoms with Crippen LogP contribution < -0.4 is 26.8 Å². The standard InChI is InChI=1S/C51H58FN7O11/c1-7-51(68)34-20-38-44-32(22-59(38)48(65)33(34)24-69-49(51)66)42-36(17-16-31-27(5)35(52)21-37(55-44)41(31)42)56-50(67)70-23-29-12-14-30(15-13-29)54-45(62)28(6)53-46(63)43(25(2)3)57-39(60)11-9-8-10-18-58-40(61)19-26(4)47(58)64/h12-15,20-21,25-26,28,36,43,68H,7-11,16-19,22-24H2,1-6H3,(H,53,63)(H,54,62)(H,56,67)(H,57,60)/t26?,28-,36-,43-,51-/m0/s1. The first-order valence-corrected chi connectivity index (χ1v) is 23.9. The van der Waals surface area contributed by atoms with Crippen molar-refractivity contribution >= 4 is 58.2 Å². The number of carbonyl (C=O) groups is 7. The number of pyridine rings is 2. The highest BCUT2D eigenvalue weighted by atomic mass is 19.1. The summed E-state index contributed by atoms with van der Waals surface area (Å²) in [5.74, 6) is -3.55. The van der Waals surface area contributed by atoms with Gasteiger partial charge in [-0.25, -0.2) is 19.0 Å². The number of aliphatic hydroxyl groups is 1. The average Bonchev–Trinajstić information content (AvgIpc) is 3.81. The van der Waals surface area contributed by atoms with Crippen LogP contribution in [0.3, 0.4) is 0 Å². The number of hydrogen-bond donors (Lipinski definition) is 5. The highest BCUT2D eigenvalue weighted by Crippen LogP contribution is 2.46. The van der Waals surface area contributed by atoms with Crippen molar-refractivity contribution in [1.82, 2.24) is 30.4 Å². The molecule has 0 radical (unpaired) electrons. The van der Waals surface area contributed by atoms with Gasteiger partial charge in [-0.15, -0.1) is 0 Å². The van der Waals surface area contributed by atoms with Crippen LogP contribution in [0.25, 0.3) is 22.3 Å². The van der Waals surface area contributed by atoms with Gasteiger partial charge in [-0.2, -0.15) is 0 Å². The second-order valence-electron chi connectivity index (χ2n) is 19.1. The number of ether oxygens (including phenoxy) is 2. The highest BCUT2D eigenvalue weighted by Gasteiger charge is 2.46. The summed E-state index contributed by atoms with van der Waals surface area (Å²) in [6.07, 6.45) is 2.17. The van der Waals surface area contributed by atoms with E-state index in [-0.39, 0.29) is 79.7 Å². The smallest absolute Gasteiger partial charge is 0.407 e. The SMILES string of the molecule is CC[C@@]1(O)C(=O)OCc2c1cc1n(c2=O)Cc2c-1nc1cc(F)c(C)c3c1c2[C@@H](NC(=O)OCc1ccc(NC(=O)[C@H](C)NC(=O)[C@@H](NC(=O)CCCCCN2C(=O)CC(C)C2=O)C(C)C)cc1)CC3. The Morgan fingerprint density at radius 3 is 2.41 bits per heavy atom. The lowest BCUT2D eigenvalue weighted by Crippen LogP contribution is -2.53. The molecule has 5 atom stereocenters. The maximum absolute atomic E-state index is 15.4. The summed E-state index contributed by atoms with van der Waals surface area (Å²) < 4.78 is 27.7. The fraction of sp³-hybridized carbons (Fsp3) is 0.471. The van der Waals surface area contributed by atoms with Gasteiger partial charge in [0.2, 0.25) is 29.5 Å². The number of aryl methyl sites for hydroxylation is 1. The normalized spacial score (nSPS) is 19.8. The molecule has 3 aliphatic heterocycles. The number of hydrogen-bond acceptors (Lipinski definition) is 12. The maximum Gasteiger partial charge on any atom is 0.407 e. The van der Waals surface area contributed by atoms with Crippen molar-refractivity contribution in [3.63, 3.8) is 0 Å². The van der Waals surface area contributed by atoms with E-state index in [0.29, 0.717) is 88.9 Å². The van der Waals surface area contributed by atoms with Gasteiger partial charge in [-0.3, -0.25) is 33.7 Å². The highest BCUT2D eigenvalue weighted by molar-refractivity contribution is 6.03. The number of aromatic nitrogens is 2. The lowest BCUT2D eigenvalue weighted by molar-refractivity contribution is -0.172. The quantitative estimate of drug-likeness (QED) is 0.0500. The molecule has 4 aromatic rings. The summed E-state index contributed by atoms with van der Waals surface area (Å²) in [5.41, 5.74) is 2.50. The van der Waals surface area contributed by atoms with Crippen LogP contribution in [0.15, 0.2) is 41.2 Å². The van der Waals surface area contributed by atoms with E-state index in [4.69, 9.17) is 14.5 Å². The third kappa shape index (κ3) is 9.37. The van der Waals surface area contributed by atoms with Gasteiger partial charge in [-0.05, 0) is 92.3 Å². The van der Waals surface area contributed by atoms with Crippen molar-refractivity contribution < 1.29 is 52.5 Å². The molecule has 1 unspecified atom stereocenters. The summed E-state index contributed by atoms with van der Waals surface area (Å²) >= 11 is 0. The van der Waals surface area contributed by atoms with Crippen molar-refractivity contribution in [1.29, 1.82) is 0 Å². The number of imide groups is 1. The molecule has 2 aromatic heterocycles. The van der Waals surface area contributed by atoms with Gasteiger partial charge in [0.05, 0.1) is 35.1 Å². The first-order chi connectivity index (χ1) is 33.3. The van der Waals surface area contributed by atoms with E-state index in [1.54, 1.807) is 65.0 Å². The number of anilines is 1. The lowest BCUT2D eigenvalue weighted by atomic mass is 9.81. The van der Waals surface area contributed by atoms with E-state index in [1.165, 1.54) is 22.5 Å². The van der Waals surface area contributed by atoms with Gasteiger partial charge >= 0.3 is 12.1 Å². The molecule has 1 fully saturated rings. The monoisotopic (exact) mass is 963 g/mol. The second-order valence-corrected chi connectivity index (χ2v) is 19.1. The first kappa shape index (κ1) is 49.4. The van der Waals surface area contributed by atoms with Gasteiger partial charge in [0.1, 0.15) is 31.1 Å². The number of unbranched alkanes of at least 4 members (excludes halogenated alkanes) is 2. The van der Waals surface area contributed by atoms with Gasteiger partial charge in [0.15, 0.2) is 5.60 Å². The summed E-state index contributed by atoms with van der Waals surface area (Å²) in [4.78, 5) is 110. The number of nitrogens with one attached hydrogen (secondary N) is 4. The Bertz CT molecular complexity index is 2900.